The number of benzene rings is 5. The Morgan fingerprint density at radius 2 is 1.05 bits per heavy atom. The van der Waals surface area contributed by atoms with Gasteiger partial charge in [0.1, 0.15) is 0 Å². The molecule has 0 saturated carbocycles. The zero-order valence-electron chi connectivity index (χ0n) is 21.7. The number of allylic oxidation sites excluding steroid dienone is 4. The first-order valence-electron chi connectivity index (χ1n) is 13.4. The lowest BCUT2D eigenvalue weighted by Crippen LogP contribution is -2.24. The quantitative estimate of drug-likeness (QED) is 0.229. The largest absolute Gasteiger partial charge is 0.313 e. The summed E-state index contributed by atoms with van der Waals surface area (Å²) in [6, 6.07) is 49.9. The van der Waals surface area contributed by atoms with Crippen molar-refractivity contribution in [2.24, 2.45) is 5.92 Å². The molecule has 6 rings (SSSR count). The lowest BCUT2D eigenvalue weighted by Gasteiger charge is -2.36. The molecule has 0 saturated heterocycles. The van der Waals surface area contributed by atoms with Crippen molar-refractivity contribution in [3.63, 3.8) is 0 Å². The van der Waals surface area contributed by atoms with Crippen molar-refractivity contribution in [3.8, 4) is 22.3 Å². The van der Waals surface area contributed by atoms with E-state index in [9.17, 15) is 0 Å². The Hall–Kier alpha value is -4.62. The highest BCUT2D eigenvalue weighted by molar-refractivity contribution is 5.90. The average molecular weight is 490 g/mol. The Balaban J connectivity index is 1.58. The minimum Gasteiger partial charge on any atom is -0.313 e. The third-order valence-corrected chi connectivity index (χ3v) is 7.30. The molecular weight excluding hydrogens is 458 g/mol. The van der Waals surface area contributed by atoms with Crippen molar-refractivity contribution < 1.29 is 0 Å². The van der Waals surface area contributed by atoms with E-state index >= 15 is 0 Å². The normalized spacial score (nSPS) is 14.9. The molecule has 0 radical (unpaired) electrons. The number of hydrogen-bond donors (Lipinski definition) is 0. The van der Waals surface area contributed by atoms with Gasteiger partial charge in [0.2, 0.25) is 0 Å². The van der Waals surface area contributed by atoms with Crippen molar-refractivity contribution in [1.29, 1.82) is 0 Å². The molecule has 0 aromatic heterocycles. The fraction of sp³-hybridized carbons (Fsp3) is 0.0811. The van der Waals surface area contributed by atoms with Crippen LogP contribution in [0.3, 0.4) is 0 Å². The number of rotatable bonds is 6. The van der Waals surface area contributed by atoms with E-state index in [2.05, 4.69) is 164 Å². The van der Waals surface area contributed by atoms with E-state index in [1.165, 1.54) is 50.5 Å². The summed E-state index contributed by atoms with van der Waals surface area (Å²) in [4.78, 5) is 2.49. The number of nitrogens with zero attached hydrogens (tertiary/aromatic N) is 1. The standard InChI is InChI=1S/C37H31N/c1-28-14-13-22-35(32-19-9-4-10-20-32)37(28)38(33-26-24-30(25-27-33)29-15-5-2-6-16-29)36-23-12-11-21-34(36)31-17-7-3-8-18-31/h2-13,15-28H,14H2,1H3. The summed E-state index contributed by atoms with van der Waals surface area (Å²) in [5, 5.41) is 0. The van der Waals surface area contributed by atoms with Crippen LogP contribution in [0.4, 0.5) is 11.4 Å². The zero-order valence-corrected chi connectivity index (χ0v) is 21.7. The Labute approximate surface area is 226 Å². The molecular formula is C37H31N. The lowest BCUT2D eigenvalue weighted by molar-refractivity contribution is 0.674. The first-order chi connectivity index (χ1) is 18.8. The molecule has 5 aromatic rings. The molecule has 1 aliphatic carbocycles. The van der Waals surface area contributed by atoms with E-state index in [1.54, 1.807) is 0 Å². The summed E-state index contributed by atoms with van der Waals surface area (Å²) in [6.45, 7) is 2.35. The van der Waals surface area contributed by atoms with Crippen LogP contribution in [0.5, 0.6) is 0 Å². The molecule has 0 heterocycles. The fourth-order valence-electron chi connectivity index (χ4n) is 5.43. The van der Waals surface area contributed by atoms with Gasteiger partial charge >= 0.3 is 0 Å². The summed E-state index contributed by atoms with van der Waals surface area (Å²) in [5.74, 6) is 0.354. The summed E-state index contributed by atoms with van der Waals surface area (Å²) in [7, 11) is 0. The maximum atomic E-state index is 2.49. The van der Waals surface area contributed by atoms with Gasteiger partial charge in [0.15, 0.2) is 0 Å². The van der Waals surface area contributed by atoms with Crippen LogP contribution in [0.15, 0.2) is 157 Å². The van der Waals surface area contributed by atoms with Crippen molar-refractivity contribution >= 4 is 16.9 Å². The predicted octanol–water partition coefficient (Wildman–Crippen LogP) is 10.2. The minimum atomic E-state index is 0.354. The molecule has 5 aromatic carbocycles. The van der Waals surface area contributed by atoms with Gasteiger partial charge in [-0.2, -0.15) is 0 Å². The Kier molecular flexibility index (Phi) is 6.74. The number of anilines is 2. The van der Waals surface area contributed by atoms with Crippen molar-refractivity contribution in [1.82, 2.24) is 0 Å². The third kappa shape index (κ3) is 4.71. The minimum absolute atomic E-state index is 0.354. The maximum absolute atomic E-state index is 2.49. The van der Waals surface area contributed by atoms with Gasteiger partial charge in [0.25, 0.3) is 0 Å². The van der Waals surface area contributed by atoms with E-state index in [0.29, 0.717) is 5.92 Å². The van der Waals surface area contributed by atoms with Crippen LogP contribution in [0, 0.1) is 5.92 Å². The highest BCUT2D eigenvalue weighted by Crippen LogP contribution is 2.44. The second-order valence-corrected chi connectivity index (χ2v) is 9.84. The lowest BCUT2D eigenvalue weighted by atomic mass is 9.87. The average Bonchev–Trinajstić information content (AvgIpc) is 3.00. The zero-order chi connectivity index (χ0) is 25.7. The Bertz CT molecular complexity index is 1560. The van der Waals surface area contributed by atoms with Gasteiger partial charge in [-0.3, -0.25) is 0 Å². The highest BCUT2D eigenvalue weighted by atomic mass is 15.2. The Morgan fingerprint density at radius 3 is 1.71 bits per heavy atom. The van der Waals surface area contributed by atoms with Crippen LogP contribution >= 0.6 is 0 Å². The Morgan fingerprint density at radius 1 is 0.526 bits per heavy atom. The highest BCUT2D eigenvalue weighted by Gasteiger charge is 2.27. The second-order valence-electron chi connectivity index (χ2n) is 9.84. The molecule has 38 heavy (non-hydrogen) atoms. The molecule has 0 fully saturated rings. The molecule has 184 valence electrons. The van der Waals surface area contributed by atoms with E-state index in [0.717, 1.165) is 6.42 Å². The topological polar surface area (TPSA) is 3.24 Å². The van der Waals surface area contributed by atoms with Gasteiger partial charge < -0.3 is 4.90 Å². The third-order valence-electron chi connectivity index (χ3n) is 7.30. The molecule has 0 aliphatic heterocycles. The summed E-state index contributed by atoms with van der Waals surface area (Å²) in [6.07, 6.45) is 5.63. The molecule has 1 nitrogen and oxygen atoms in total. The first-order valence-corrected chi connectivity index (χ1v) is 13.4. The smallest absolute Gasteiger partial charge is 0.0537 e. The first kappa shape index (κ1) is 23.8. The van der Waals surface area contributed by atoms with Crippen molar-refractivity contribution in [2.75, 3.05) is 4.90 Å². The summed E-state index contributed by atoms with van der Waals surface area (Å²) in [5.41, 5.74) is 11.1. The van der Waals surface area contributed by atoms with Crippen LogP contribution in [0.1, 0.15) is 18.9 Å². The second kappa shape index (κ2) is 10.8. The molecule has 1 heteroatoms. The molecule has 0 N–H and O–H groups in total. The fourth-order valence-corrected chi connectivity index (χ4v) is 5.43. The summed E-state index contributed by atoms with van der Waals surface area (Å²) < 4.78 is 0. The molecule has 0 amide bonds. The van der Waals surface area contributed by atoms with Gasteiger partial charge in [-0.05, 0) is 46.9 Å². The van der Waals surface area contributed by atoms with Gasteiger partial charge in [0, 0.05) is 28.4 Å². The van der Waals surface area contributed by atoms with Crippen molar-refractivity contribution in [3.05, 3.63) is 163 Å². The summed E-state index contributed by atoms with van der Waals surface area (Å²) >= 11 is 0. The van der Waals surface area contributed by atoms with Crippen LogP contribution in [0.25, 0.3) is 27.8 Å². The monoisotopic (exact) mass is 489 g/mol. The molecule has 1 atom stereocenters. The SMILES string of the molecule is CC1CC=CC(c2ccccc2)=C1N(c1ccc(-c2ccccc2)cc1)c1ccccc1-c1ccccc1. The van der Waals surface area contributed by atoms with Gasteiger partial charge in [-0.1, -0.05) is 140 Å². The number of para-hydroxylation sites is 1. The van der Waals surface area contributed by atoms with Crippen LogP contribution in [-0.4, -0.2) is 0 Å². The van der Waals surface area contributed by atoms with E-state index in [4.69, 9.17) is 0 Å². The van der Waals surface area contributed by atoms with E-state index in [-0.39, 0.29) is 0 Å². The van der Waals surface area contributed by atoms with E-state index in [1.807, 2.05) is 0 Å². The maximum Gasteiger partial charge on any atom is 0.0537 e. The van der Waals surface area contributed by atoms with Crippen molar-refractivity contribution in [2.45, 2.75) is 13.3 Å². The molecule has 1 aliphatic rings. The van der Waals surface area contributed by atoms with Gasteiger partial charge in [0.05, 0.1) is 5.69 Å². The van der Waals surface area contributed by atoms with Crippen LogP contribution < -0.4 is 4.90 Å². The molecule has 1 unspecified atom stereocenters. The van der Waals surface area contributed by atoms with Gasteiger partial charge in [-0.25, -0.2) is 0 Å². The molecule has 0 bridgehead atoms. The number of hydrogen-bond acceptors (Lipinski definition) is 1. The van der Waals surface area contributed by atoms with E-state index < -0.39 is 0 Å². The van der Waals surface area contributed by atoms with Crippen LogP contribution in [-0.2, 0) is 0 Å². The predicted molar refractivity (Wildman–Crippen MR) is 162 cm³/mol. The molecule has 0 spiro atoms. The van der Waals surface area contributed by atoms with Gasteiger partial charge in [-0.15, -0.1) is 0 Å². The van der Waals surface area contributed by atoms with Crippen LogP contribution in [0.2, 0.25) is 0 Å².